The van der Waals surface area contributed by atoms with E-state index in [2.05, 4.69) is 0 Å². The zero-order chi connectivity index (χ0) is 23.8. The molecule has 0 radical (unpaired) electrons. The fraction of sp³-hybridized carbons (Fsp3) is 0.640. The van der Waals surface area contributed by atoms with Gasteiger partial charge >= 0.3 is 0 Å². The van der Waals surface area contributed by atoms with E-state index in [1.807, 2.05) is 13.8 Å². The molecule has 0 atom stereocenters. The van der Waals surface area contributed by atoms with E-state index < -0.39 is 14.6 Å². The molecule has 1 saturated carbocycles. The summed E-state index contributed by atoms with van der Waals surface area (Å²) < 4.78 is 24.2. The van der Waals surface area contributed by atoms with Gasteiger partial charge in [-0.15, -0.1) is 0 Å². The van der Waals surface area contributed by atoms with Crippen LogP contribution in [0.1, 0.15) is 86.6 Å². The zero-order valence-electron chi connectivity index (χ0n) is 19.8. The van der Waals surface area contributed by atoms with Crippen molar-refractivity contribution in [3.05, 3.63) is 34.9 Å². The van der Waals surface area contributed by atoms with Gasteiger partial charge in [0.2, 0.25) is 0 Å². The summed E-state index contributed by atoms with van der Waals surface area (Å²) in [5.41, 5.74) is 1.54. The lowest BCUT2D eigenvalue weighted by Crippen LogP contribution is -2.35. The van der Waals surface area contributed by atoms with Crippen molar-refractivity contribution in [2.45, 2.75) is 71.5 Å². The van der Waals surface area contributed by atoms with Gasteiger partial charge in [-0.1, -0.05) is 19.9 Å². The number of benzene rings is 1. The van der Waals surface area contributed by atoms with Crippen LogP contribution < -0.4 is 0 Å². The highest BCUT2D eigenvalue weighted by atomic mass is 32.2. The minimum Gasteiger partial charge on any atom is -0.299 e. The number of rotatable bonds is 7. The molecular weight excluding hydrogens is 426 g/mol. The first-order valence-electron chi connectivity index (χ1n) is 11.5. The van der Waals surface area contributed by atoms with Gasteiger partial charge in [-0.25, -0.2) is 8.42 Å². The molecule has 1 aromatic rings. The van der Waals surface area contributed by atoms with Crippen LogP contribution >= 0.6 is 0 Å². The average molecular weight is 462 g/mol. The van der Waals surface area contributed by atoms with Gasteiger partial charge in [-0.3, -0.25) is 19.3 Å². The van der Waals surface area contributed by atoms with Gasteiger partial charge in [0.15, 0.2) is 9.84 Å². The van der Waals surface area contributed by atoms with Crippen molar-refractivity contribution in [1.29, 1.82) is 0 Å². The SMILES string of the molecule is CC(C)CN1C(=O)c2ccc(CC(=O)C3CCC(CS(=O)(=O)C(C)(C)C)CC3)cc2C1=O. The monoisotopic (exact) mass is 461 g/mol. The second-order valence-electron chi connectivity index (χ2n) is 10.7. The van der Waals surface area contributed by atoms with Crippen molar-refractivity contribution in [3.8, 4) is 0 Å². The van der Waals surface area contributed by atoms with Crippen molar-refractivity contribution in [2.24, 2.45) is 17.8 Å². The molecule has 1 aliphatic carbocycles. The number of ketones is 1. The minimum atomic E-state index is -3.16. The summed E-state index contributed by atoms with van der Waals surface area (Å²) in [6, 6.07) is 5.12. The number of sulfone groups is 1. The molecule has 1 aromatic carbocycles. The first-order valence-corrected chi connectivity index (χ1v) is 13.2. The molecule has 0 saturated heterocycles. The van der Waals surface area contributed by atoms with E-state index in [9.17, 15) is 22.8 Å². The van der Waals surface area contributed by atoms with Gasteiger partial charge in [0, 0.05) is 18.9 Å². The third kappa shape index (κ3) is 5.13. The summed E-state index contributed by atoms with van der Waals surface area (Å²) in [6.07, 6.45) is 3.12. The number of carbonyl (C=O) groups excluding carboxylic acids is 3. The largest absolute Gasteiger partial charge is 0.299 e. The number of hydrogen-bond donors (Lipinski definition) is 0. The number of carbonyl (C=O) groups is 3. The van der Waals surface area contributed by atoms with Gasteiger partial charge in [-0.05, 0) is 76.0 Å². The Morgan fingerprint density at radius 1 is 1.03 bits per heavy atom. The summed E-state index contributed by atoms with van der Waals surface area (Å²) in [7, 11) is -3.16. The van der Waals surface area contributed by atoms with E-state index in [1.54, 1.807) is 39.0 Å². The lowest BCUT2D eigenvalue weighted by atomic mass is 9.79. The van der Waals surface area contributed by atoms with E-state index in [1.165, 1.54) is 4.90 Å². The minimum absolute atomic E-state index is 0.0772. The molecule has 0 unspecified atom stereocenters. The van der Waals surface area contributed by atoms with E-state index in [0.29, 0.717) is 30.5 Å². The maximum absolute atomic E-state index is 12.9. The summed E-state index contributed by atoms with van der Waals surface area (Å²) >= 11 is 0. The molecule has 1 fully saturated rings. The fourth-order valence-corrected chi connectivity index (χ4v) is 5.99. The van der Waals surface area contributed by atoms with Gasteiger partial charge in [0.25, 0.3) is 11.8 Å². The Hall–Kier alpha value is -2.02. The van der Waals surface area contributed by atoms with Gasteiger partial charge in [0.1, 0.15) is 5.78 Å². The molecule has 6 nitrogen and oxygen atoms in total. The predicted molar refractivity (Wildman–Crippen MR) is 124 cm³/mol. The van der Waals surface area contributed by atoms with Crippen LogP contribution in [-0.2, 0) is 21.1 Å². The average Bonchev–Trinajstić information content (AvgIpc) is 2.91. The molecule has 32 heavy (non-hydrogen) atoms. The molecular formula is C25H35NO5S. The Kier molecular flexibility index (Phi) is 6.99. The van der Waals surface area contributed by atoms with Crippen LogP contribution in [0.5, 0.6) is 0 Å². The van der Waals surface area contributed by atoms with Gasteiger partial charge < -0.3 is 0 Å². The fourth-order valence-electron chi connectivity index (χ4n) is 4.54. The van der Waals surface area contributed by atoms with E-state index >= 15 is 0 Å². The molecule has 176 valence electrons. The third-order valence-corrected chi connectivity index (χ3v) is 9.43. The van der Waals surface area contributed by atoms with E-state index in [0.717, 1.165) is 18.4 Å². The number of imide groups is 1. The molecule has 2 amide bonds. The van der Waals surface area contributed by atoms with Crippen LogP contribution in [0.3, 0.4) is 0 Å². The van der Waals surface area contributed by atoms with Crippen molar-refractivity contribution >= 4 is 27.4 Å². The first kappa shape index (κ1) is 24.6. The molecule has 0 N–H and O–H groups in total. The van der Waals surface area contributed by atoms with Crippen molar-refractivity contribution < 1.29 is 22.8 Å². The van der Waals surface area contributed by atoms with Crippen molar-refractivity contribution in [3.63, 3.8) is 0 Å². The van der Waals surface area contributed by atoms with Crippen LogP contribution in [0.2, 0.25) is 0 Å². The number of amides is 2. The first-order chi connectivity index (χ1) is 14.8. The predicted octanol–water partition coefficient (Wildman–Crippen LogP) is 4.07. The van der Waals surface area contributed by atoms with Gasteiger partial charge in [-0.2, -0.15) is 0 Å². The smallest absolute Gasteiger partial charge is 0.261 e. The summed E-state index contributed by atoms with van der Waals surface area (Å²) in [5.74, 6) is -0.0191. The van der Waals surface area contributed by atoms with Crippen molar-refractivity contribution in [1.82, 2.24) is 4.90 Å². The molecule has 0 spiro atoms. The second-order valence-corrected chi connectivity index (χ2v) is 13.5. The topological polar surface area (TPSA) is 88.6 Å². The van der Waals surface area contributed by atoms with Crippen LogP contribution in [0, 0.1) is 17.8 Å². The Morgan fingerprint density at radius 3 is 2.19 bits per heavy atom. The normalized spacial score (nSPS) is 21.9. The number of hydrogen-bond acceptors (Lipinski definition) is 5. The van der Waals surface area contributed by atoms with E-state index in [-0.39, 0.29) is 47.5 Å². The van der Waals surface area contributed by atoms with Crippen LogP contribution in [0.4, 0.5) is 0 Å². The maximum atomic E-state index is 12.9. The molecule has 1 heterocycles. The van der Waals surface area contributed by atoms with Crippen LogP contribution in [0.15, 0.2) is 18.2 Å². The second kappa shape index (κ2) is 9.08. The molecule has 0 aromatic heterocycles. The zero-order valence-corrected chi connectivity index (χ0v) is 20.6. The van der Waals surface area contributed by atoms with Gasteiger partial charge in [0.05, 0.1) is 21.6 Å². The summed E-state index contributed by atoms with van der Waals surface area (Å²) in [5, 5.41) is 0. The van der Waals surface area contributed by atoms with Crippen LogP contribution in [-0.4, -0.2) is 48.0 Å². The lowest BCUT2D eigenvalue weighted by molar-refractivity contribution is -0.123. The lowest BCUT2D eigenvalue weighted by Gasteiger charge is -2.30. The quantitative estimate of drug-likeness (QED) is 0.571. The van der Waals surface area contributed by atoms with Crippen molar-refractivity contribution in [2.75, 3.05) is 12.3 Å². The maximum Gasteiger partial charge on any atom is 0.261 e. The highest BCUT2D eigenvalue weighted by molar-refractivity contribution is 7.92. The summed E-state index contributed by atoms with van der Waals surface area (Å²) in [4.78, 5) is 39.4. The Bertz CT molecular complexity index is 1010. The Morgan fingerprint density at radius 2 is 1.62 bits per heavy atom. The Balaban J connectivity index is 1.60. The molecule has 2 aliphatic rings. The molecule has 0 bridgehead atoms. The highest BCUT2D eigenvalue weighted by Crippen LogP contribution is 2.33. The Labute approximate surface area is 191 Å². The molecule has 3 rings (SSSR count). The number of nitrogens with zero attached hydrogens (tertiary/aromatic N) is 1. The third-order valence-electron chi connectivity index (χ3n) is 6.65. The number of fused-ring (bicyclic) bond motifs is 1. The summed E-state index contributed by atoms with van der Waals surface area (Å²) in [6.45, 7) is 9.49. The molecule has 1 aliphatic heterocycles. The highest BCUT2D eigenvalue weighted by Gasteiger charge is 2.37. The molecule has 7 heteroatoms. The van der Waals surface area contributed by atoms with E-state index in [4.69, 9.17) is 0 Å². The van der Waals surface area contributed by atoms with Crippen LogP contribution in [0.25, 0.3) is 0 Å². The standard InChI is InChI=1S/C25H35NO5S/c1-16(2)14-26-23(28)20-11-8-18(12-21(20)24(26)29)13-22(27)19-9-6-17(7-10-19)15-32(30,31)25(3,4)5/h8,11-12,16-17,19H,6-7,9-10,13-15H2,1-5H3. The number of Topliss-reactive ketones (excluding diaryl/α,β-unsaturated/α-hetero) is 1.